The monoisotopic (exact) mass is 200 g/mol. The fraction of sp³-hybridized carbons (Fsp3) is 0.778. The minimum atomic E-state index is -0.691. The Bertz CT molecular complexity index is 263. The number of likely N-dealkylation sites (N-methyl/N-ethyl adjacent to an activating group) is 1. The van der Waals surface area contributed by atoms with Crippen molar-refractivity contribution in [3.8, 4) is 0 Å². The van der Waals surface area contributed by atoms with Crippen LogP contribution in [0.3, 0.4) is 0 Å². The van der Waals surface area contributed by atoms with Gasteiger partial charge in [0.05, 0.1) is 6.61 Å². The SMILES string of the molecule is CNC(=O)[C@@H]1COC(C)(C)N1C(C)=O. The lowest BCUT2D eigenvalue weighted by Crippen LogP contribution is -2.52. The normalized spacial score (nSPS) is 24.9. The maximum Gasteiger partial charge on any atom is 0.245 e. The molecular formula is C9H16N2O3. The van der Waals surface area contributed by atoms with Crippen molar-refractivity contribution in [2.75, 3.05) is 13.7 Å². The fourth-order valence-electron chi connectivity index (χ4n) is 1.76. The van der Waals surface area contributed by atoms with Crippen molar-refractivity contribution < 1.29 is 14.3 Å². The van der Waals surface area contributed by atoms with E-state index in [1.165, 1.54) is 11.8 Å². The number of amides is 2. The number of carbonyl (C=O) groups is 2. The average molecular weight is 200 g/mol. The predicted molar refractivity (Wildman–Crippen MR) is 50.4 cm³/mol. The van der Waals surface area contributed by atoms with Crippen LogP contribution in [0.4, 0.5) is 0 Å². The van der Waals surface area contributed by atoms with E-state index in [2.05, 4.69) is 5.32 Å². The first-order valence-corrected chi connectivity index (χ1v) is 4.55. The number of rotatable bonds is 1. The molecule has 5 nitrogen and oxygen atoms in total. The molecule has 1 N–H and O–H groups in total. The van der Waals surface area contributed by atoms with Crippen LogP contribution in [0.2, 0.25) is 0 Å². The Balaban J connectivity index is 2.90. The van der Waals surface area contributed by atoms with Crippen molar-refractivity contribution in [3.63, 3.8) is 0 Å². The van der Waals surface area contributed by atoms with Gasteiger partial charge in [0.1, 0.15) is 11.8 Å². The van der Waals surface area contributed by atoms with Gasteiger partial charge in [0.2, 0.25) is 11.8 Å². The van der Waals surface area contributed by atoms with E-state index in [1.807, 2.05) is 0 Å². The smallest absolute Gasteiger partial charge is 0.245 e. The zero-order valence-electron chi connectivity index (χ0n) is 8.96. The third kappa shape index (κ3) is 1.72. The van der Waals surface area contributed by atoms with Gasteiger partial charge >= 0.3 is 0 Å². The van der Waals surface area contributed by atoms with Crippen molar-refractivity contribution in [2.24, 2.45) is 0 Å². The van der Waals surface area contributed by atoms with Crippen LogP contribution in [0.15, 0.2) is 0 Å². The molecule has 1 fully saturated rings. The molecule has 5 heteroatoms. The molecule has 1 aliphatic rings. The van der Waals surface area contributed by atoms with Crippen LogP contribution in [0.1, 0.15) is 20.8 Å². The van der Waals surface area contributed by atoms with Crippen LogP contribution >= 0.6 is 0 Å². The minimum absolute atomic E-state index is 0.152. The molecule has 0 aromatic rings. The van der Waals surface area contributed by atoms with Crippen LogP contribution in [-0.4, -0.2) is 42.1 Å². The molecule has 0 aromatic heterocycles. The van der Waals surface area contributed by atoms with Gasteiger partial charge in [0.25, 0.3) is 0 Å². The summed E-state index contributed by atoms with van der Waals surface area (Å²) in [6.45, 7) is 5.24. The highest BCUT2D eigenvalue weighted by molar-refractivity contribution is 5.87. The standard InChI is InChI=1S/C9H16N2O3/c1-6(12)11-7(8(13)10-4)5-14-9(11,2)3/h7H,5H2,1-4H3,(H,10,13)/t7-/m0/s1. The first-order valence-electron chi connectivity index (χ1n) is 4.55. The minimum Gasteiger partial charge on any atom is -0.357 e. The summed E-state index contributed by atoms with van der Waals surface area (Å²) >= 11 is 0. The Kier molecular flexibility index (Phi) is 2.80. The summed E-state index contributed by atoms with van der Waals surface area (Å²) in [6, 6.07) is -0.507. The number of ether oxygens (including phenoxy) is 1. The first kappa shape index (κ1) is 11.0. The van der Waals surface area contributed by atoms with E-state index in [1.54, 1.807) is 20.9 Å². The van der Waals surface area contributed by atoms with E-state index >= 15 is 0 Å². The van der Waals surface area contributed by atoms with Crippen molar-refractivity contribution in [1.29, 1.82) is 0 Å². The number of hydrogen-bond donors (Lipinski definition) is 1. The summed E-state index contributed by atoms with van der Waals surface area (Å²) in [5.74, 6) is -0.341. The van der Waals surface area contributed by atoms with Gasteiger partial charge in [-0.2, -0.15) is 0 Å². The van der Waals surface area contributed by atoms with Crippen LogP contribution in [0.25, 0.3) is 0 Å². The predicted octanol–water partition coefficient (Wildman–Crippen LogP) is -0.284. The molecule has 2 amide bonds. The molecule has 80 valence electrons. The highest BCUT2D eigenvalue weighted by atomic mass is 16.5. The topological polar surface area (TPSA) is 58.6 Å². The summed E-state index contributed by atoms with van der Waals surface area (Å²) in [6.07, 6.45) is 0. The summed E-state index contributed by atoms with van der Waals surface area (Å²) in [5.41, 5.74) is -0.691. The molecule has 0 saturated carbocycles. The summed E-state index contributed by atoms with van der Waals surface area (Å²) < 4.78 is 5.39. The second-order valence-corrected chi connectivity index (χ2v) is 3.78. The van der Waals surface area contributed by atoms with Crippen LogP contribution in [-0.2, 0) is 14.3 Å². The van der Waals surface area contributed by atoms with E-state index in [4.69, 9.17) is 4.74 Å². The molecule has 1 atom stereocenters. The van der Waals surface area contributed by atoms with Crippen LogP contribution in [0.5, 0.6) is 0 Å². The molecule has 1 saturated heterocycles. The Morgan fingerprint density at radius 1 is 1.50 bits per heavy atom. The zero-order valence-corrected chi connectivity index (χ0v) is 8.96. The lowest BCUT2D eigenvalue weighted by molar-refractivity contribution is -0.147. The molecule has 1 rings (SSSR count). The van der Waals surface area contributed by atoms with E-state index in [0.717, 1.165) is 0 Å². The lowest BCUT2D eigenvalue weighted by Gasteiger charge is -2.31. The Morgan fingerprint density at radius 2 is 2.07 bits per heavy atom. The molecule has 0 radical (unpaired) electrons. The van der Waals surface area contributed by atoms with Gasteiger partial charge in [-0.15, -0.1) is 0 Å². The molecule has 0 spiro atoms. The summed E-state index contributed by atoms with van der Waals surface area (Å²) in [7, 11) is 1.55. The van der Waals surface area contributed by atoms with E-state index in [-0.39, 0.29) is 18.4 Å². The molecule has 0 aromatic carbocycles. The Hall–Kier alpha value is -1.10. The van der Waals surface area contributed by atoms with E-state index < -0.39 is 11.8 Å². The van der Waals surface area contributed by atoms with Crippen molar-refractivity contribution >= 4 is 11.8 Å². The fourth-order valence-corrected chi connectivity index (χ4v) is 1.76. The average Bonchev–Trinajstić information content (AvgIpc) is 2.39. The van der Waals surface area contributed by atoms with E-state index in [9.17, 15) is 9.59 Å². The first-order chi connectivity index (χ1) is 6.40. The number of nitrogens with one attached hydrogen (secondary N) is 1. The van der Waals surface area contributed by atoms with Crippen molar-refractivity contribution in [3.05, 3.63) is 0 Å². The molecule has 1 aliphatic heterocycles. The highest BCUT2D eigenvalue weighted by Crippen LogP contribution is 2.27. The third-order valence-electron chi connectivity index (χ3n) is 2.37. The zero-order chi connectivity index (χ0) is 10.9. The Morgan fingerprint density at radius 3 is 2.50 bits per heavy atom. The molecule has 14 heavy (non-hydrogen) atoms. The Labute approximate surface area is 83.4 Å². The van der Waals surface area contributed by atoms with Gasteiger partial charge in [-0.05, 0) is 13.8 Å². The van der Waals surface area contributed by atoms with Gasteiger partial charge in [-0.1, -0.05) is 0 Å². The maximum absolute atomic E-state index is 11.4. The molecule has 0 aliphatic carbocycles. The third-order valence-corrected chi connectivity index (χ3v) is 2.37. The number of nitrogens with zero attached hydrogens (tertiary/aromatic N) is 1. The summed E-state index contributed by atoms with van der Waals surface area (Å²) in [4.78, 5) is 24.3. The molecule has 0 bridgehead atoms. The van der Waals surface area contributed by atoms with Crippen molar-refractivity contribution in [1.82, 2.24) is 10.2 Å². The van der Waals surface area contributed by atoms with Gasteiger partial charge in [0.15, 0.2) is 0 Å². The maximum atomic E-state index is 11.4. The quantitative estimate of drug-likeness (QED) is 0.633. The summed E-state index contributed by atoms with van der Waals surface area (Å²) in [5, 5.41) is 2.52. The lowest BCUT2D eigenvalue weighted by atomic mass is 10.2. The molecule has 0 unspecified atom stereocenters. The van der Waals surface area contributed by atoms with Gasteiger partial charge in [-0.25, -0.2) is 0 Å². The van der Waals surface area contributed by atoms with Crippen LogP contribution < -0.4 is 5.32 Å². The van der Waals surface area contributed by atoms with Crippen LogP contribution in [0, 0.1) is 0 Å². The van der Waals surface area contributed by atoms with Crippen molar-refractivity contribution in [2.45, 2.75) is 32.5 Å². The second-order valence-electron chi connectivity index (χ2n) is 3.78. The second kappa shape index (κ2) is 3.57. The van der Waals surface area contributed by atoms with Gasteiger partial charge in [-0.3, -0.25) is 9.59 Å². The largest absolute Gasteiger partial charge is 0.357 e. The number of hydrogen-bond acceptors (Lipinski definition) is 3. The molecule has 1 heterocycles. The molecular weight excluding hydrogens is 184 g/mol. The number of carbonyl (C=O) groups excluding carboxylic acids is 2. The highest BCUT2D eigenvalue weighted by Gasteiger charge is 2.45. The van der Waals surface area contributed by atoms with Gasteiger partial charge in [0, 0.05) is 14.0 Å². The van der Waals surface area contributed by atoms with E-state index in [0.29, 0.717) is 0 Å². The van der Waals surface area contributed by atoms with Gasteiger partial charge < -0.3 is 15.0 Å².